The minimum absolute atomic E-state index is 0.0750. The van der Waals surface area contributed by atoms with Gasteiger partial charge in [-0.2, -0.15) is 0 Å². The van der Waals surface area contributed by atoms with E-state index in [1.807, 2.05) is 13.8 Å². The molecule has 2 fully saturated rings. The van der Waals surface area contributed by atoms with E-state index in [1.165, 1.54) is 13.2 Å². The Hall–Kier alpha value is -1.62. The van der Waals surface area contributed by atoms with E-state index < -0.39 is 48.7 Å². The van der Waals surface area contributed by atoms with E-state index in [9.17, 15) is 33.7 Å². The van der Waals surface area contributed by atoms with Gasteiger partial charge in [0.05, 0.1) is 0 Å². The molecular formula is C25H42F2N2O6. The lowest BCUT2D eigenvalue weighted by Crippen LogP contribution is -2.56. The monoisotopic (exact) mass is 504 g/mol. The number of allylic oxidation sites excluding steroid dienone is 1. The number of alkyl halides is 2. The van der Waals surface area contributed by atoms with E-state index >= 15 is 0 Å². The topological polar surface area (TPSA) is 119 Å². The fourth-order valence-corrected chi connectivity index (χ4v) is 4.65. The standard InChI is InChI=1S/C25H42F2N2O6/c1-4-15(2)8-11-20(30)21(31)22(32)23(35-3)24(33)28-19-7-5-6-12-29(25(19)34)14-16-9-10-17(26)18(27)13-16/h8,11,15-23,30-32H,4-7,9-10,12-14H2,1-3H3,(H,28,33)/b11-8+/t15?,16-,17?,18?,19+,20-,21+,22-,23-/m1/s1. The number of likely N-dealkylation sites (tertiary alicyclic amines) is 1. The lowest BCUT2D eigenvalue weighted by Gasteiger charge is -2.33. The number of ether oxygens (including phenoxy) is 1. The van der Waals surface area contributed by atoms with Crippen LogP contribution >= 0.6 is 0 Å². The summed E-state index contributed by atoms with van der Waals surface area (Å²) in [6, 6.07) is -0.860. The average molecular weight is 505 g/mol. The van der Waals surface area contributed by atoms with Crippen LogP contribution in [0.25, 0.3) is 0 Å². The number of aliphatic hydroxyl groups is 3. The van der Waals surface area contributed by atoms with Crippen LogP contribution < -0.4 is 5.32 Å². The van der Waals surface area contributed by atoms with Crippen LogP contribution in [0.5, 0.6) is 0 Å². The zero-order chi connectivity index (χ0) is 26.1. The van der Waals surface area contributed by atoms with Crippen molar-refractivity contribution in [2.45, 2.75) is 102 Å². The lowest BCUT2D eigenvalue weighted by molar-refractivity contribution is -0.151. The first-order valence-corrected chi connectivity index (χ1v) is 12.7. The molecule has 2 rings (SSSR count). The van der Waals surface area contributed by atoms with Crippen LogP contribution in [0.1, 0.15) is 58.8 Å². The number of hydrogen-bond donors (Lipinski definition) is 4. The molecule has 4 N–H and O–H groups in total. The number of amides is 2. The Morgan fingerprint density at radius 3 is 2.49 bits per heavy atom. The Labute approximate surface area is 206 Å². The van der Waals surface area contributed by atoms with Gasteiger partial charge in [0.15, 0.2) is 6.10 Å². The number of rotatable bonds is 11. The van der Waals surface area contributed by atoms with Crippen molar-refractivity contribution in [3.63, 3.8) is 0 Å². The quantitative estimate of drug-likeness (QED) is 0.318. The number of carbonyl (C=O) groups is 2. The zero-order valence-electron chi connectivity index (χ0n) is 21.0. The molecule has 202 valence electrons. The second kappa shape index (κ2) is 14.2. The molecule has 0 spiro atoms. The van der Waals surface area contributed by atoms with E-state index in [4.69, 9.17) is 4.74 Å². The first-order chi connectivity index (χ1) is 16.6. The minimum atomic E-state index is -1.73. The van der Waals surface area contributed by atoms with Crippen LogP contribution in [0.3, 0.4) is 0 Å². The van der Waals surface area contributed by atoms with Crippen LogP contribution in [0, 0.1) is 11.8 Å². The van der Waals surface area contributed by atoms with Gasteiger partial charge in [-0.3, -0.25) is 9.59 Å². The molecule has 0 bridgehead atoms. The summed E-state index contributed by atoms with van der Waals surface area (Å²) in [6.45, 7) is 4.69. The molecule has 2 aliphatic rings. The van der Waals surface area contributed by atoms with E-state index in [0.717, 1.165) is 12.8 Å². The Morgan fingerprint density at radius 1 is 1.14 bits per heavy atom. The molecule has 1 aliphatic carbocycles. The van der Waals surface area contributed by atoms with Crippen molar-refractivity contribution in [1.29, 1.82) is 0 Å². The summed E-state index contributed by atoms with van der Waals surface area (Å²) in [7, 11) is 1.19. The van der Waals surface area contributed by atoms with E-state index in [1.54, 1.807) is 11.0 Å². The summed E-state index contributed by atoms with van der Waals surface area (Å²) in [6.07, 6.45) is -2.85. The Balaban J connectivity index is 2.00. The molecule has 1 saturated heterocycles. The Morgan fingerprint density at radius 2 is 1.86 bits per heavy atom. The maximum atomic E-state index is 13.8. The van der Waals surface area contributed by atoms with Gasteiger partial charge < -0.3 is 30.3 Å². The maximum absolute atomic E-state index is 13.8. The summed E-state index contributed by atoms with van der Waals surface area (Å²) in [4.78, 5) is 27.6. The van der Waals surface area contributed by atoms with E-state index in [-0.39, 0.29) is 30.6 Å². The molecule has 10 heteroatoms. The summed E-state index contributed by atoms with van der Waals surface area (Å²) in [5.74, 6) is -1.05. The van der Waals surface area contributed by atoms with Crippen molar-refractivity contribution in [3.8, 4) is 0 Å². The fraction of sp³-hybridized carbons (Fsp3) is 0.840. The van der Waals surface area contributed by atoms with Gasteiger partial charge in [-0.05, 0) is 50.4 Å². The van der Waals surface area contributed by atoms with Crippen LogP contribution in [0.4, 0.5) is 8.78 Å². The molecule has 35 heavy (non-hydrogen) atoms. The zero-order valence-corrected chi connectivity index (χ0v) is 21.0. The summed E-state index contributed by atoms with van der Waals surface area (Å²) in [5.41, 5.74) is 0. The van der Waals surface area contributed by atoms with Crippen molar-refractivity contribution >= 4 is 11.8 Å². The number of halogens is 2. The summed E-state index contributed by atoms with van der Waals surface area (Å²) < 4.78 is 32.4. The van der Waals surface area contributed by atoms with E-state index in [0.29, 0.717) is 32.4 Å². The molecule has 1 heterocycles. The number of nitrogens with one attached hydrogen (secondary N) is 1. The van der Waals surface area contributed by atoms with Crippen LogP contribution in [0.2, 0.25) is 0 Å². The molecule has 0 aromatic rings. The van der Waals surface area contributed by atoms with Gasteiger partial charge in [-0.25, -0.2) is 8.78 Å². The number of carbonyl (C=O) groups excluding carboxylic acids is 2. The van der Waals surface area contributed by atoms with Gasteiger partial charge in [0.25, 0.3) is 5.91 Å². The van der Waals surface area contributed by atoms with Gasteiger partial charge >= 0.3 is 0 Å². The predicted octanol–water partition coefficient (Wildman–Crippen LogP) is 1.66. The van der Waals surface area contributed by atoms with Crippen molar-refractivity contribution in [2.24, 2.45) is 11.8 Å². The highest BCUT2D eigenvalue weighted by Crippen LogP contribution is 2.30. The van der Waals surface area contributed by atoms with Crippen molar-refractivity contribution in [2.75, 3.05) is 20.2 Å². The molecule has 1 saturated carbocycles. The third-order valence-corrected chi connectivity index (χ3v) is 7.18. The molecule has 1 aliphatic heterocycles. The van der Waals surface area contributed by atoms with Crippen LogP contribution in [0.15, 0.2) is 12.2 Å². The van der Waals surface area contributed by atoms with Gasteiger partial charge in [-0.15, -0.1) is 0 Å². The molecule has 3 unspecified atom stereocenters. The molecule has 9 atom stereocenters. The van der Waals surface area contributed by atoms with Gasteiger partial charge in [-0.1, -0.05) is 32.4 Å². The molecule has 8 nitrogen and oxygen atoms in total. The fourth-order valence-electron chi connectivity index (χ4n) is 4.65. The highest BCUT2D eigenvalue weighted by molar-refractivity contribution is 5.89. The average Bonchev–Trinajstić information content (AvgIpc) is 3.00. The lowest BCUT2D eigenvalue weighted by atomic mass is 9.86. The Bertz CT molecular complexity index is 711. The third kappa shape index (κ3) is 8.48. The molecule has 0 aromatic heterocycles. The molecule has 2 amide bonds. The van der Waals surface area contributed by atoms with Gasteiger partial charge in [0.2, 0.25) is 5.91 Å². The SMILES string of the molecule is CCC(C)/C=C/[C@@H](O)[C@H](O)[C@@H](O)[C@@H](OC)C(=O)N[C@H]1CCCCN(C[C@@H]2CCC(F)C(F)C2)C1=O. The summed E-state index contributed by atoms with van der Waals surface area (Å²) in [5, 5.41) is 33.7. The smallest absolute Gasteiger partial charge is 0.252 e. The largest absolute Gasteiger partial charge is 0.387 e. The third-order valence-electron chi connectivity index (χ3n) is 7.18. The van der Waals surface area contributed by atoms with Crippen molar-refractivity contribution in [1.82, 2.24) is 10.2 Å². The van der Waals surface area contributed by atoms with Gasteiger partial charge in [0.1, 0.15) is 36.7 Å². The molecule has 0 aromatic carbocycles. The van der Waals surface area contributed by atoms with Gasteiger partial charge in [0, 0.05) is 20.2 Å². The minimum Gasteiger partial charge on any atom is -0.387 e. The van der Waals surface area contributed by atoms with Crippen molar-refractivity contribution < 1.29 is 38.4 Å². The van der Waals surface area contributed by atoms with Crippen LogP contribution in [-0.2, 0) is 14.3 Å². The first-order valence-electron chi connectivity index (χ1n) is 12.7. The second-order valence-corrected chi connectivity index (χ2v) is 9.95. The highest BCUT2D eigenvalue weighted by atomic mass is 19.2. The summed E-state index contributed by atoms with van der Waals surface area (Å²) >= 11 is 0. The van der Waals surface area contributed by atoms with E-state index in [2.05, 4.69) is 5.32 Å². The number of nitrogens with zero attached hydrogens (tertiary/aromatic N) is 1. The maximum Gasteiger partial charge on any atom is 0.252 e. The van der Waals surface area contributed by atoms with Crippen molar-refractivity contribution in [3.05, 3.63) is 12.2 Å². The second-order valence-electron chi connectivity index (χ2n) is 9.95. The number of methoxy groups -OCH3 is 1. The first kappa shape index (κ1) is 29.6. The number of hydrogen-bond acceptors (Lipinski definition) is 6. The molecule has 0 radical (unpaired) electrons. The Kier molecular flexibility index (Phi) is 12.0. The highest BCUT2D eigenvalue weighted by Gasteiger charge is 2.38. The number of aliphatic hydroxyl groups excluding tert-OH is 3. The van der Waals surface area contributed by atoms with Crippen LogP contribution in [-0.4, -0.2) is 95.0 Å². The molecular weight excluding hydrogens is 462 g/mol. The predicted molar refractivity (Wildman–Crippen MR) is 127 cm³/mol. The normalized spacial score (nSPS) is 30.4.